The average Bonchev–Trinajstić information content (AvgIpc) is 3.38. The van der Waals surface area contributed by atoms with Crippen molar-refractivity contribution in [2.75, 3.05) is 19.6 Å². The molecule has 0 unspecified atom stereocenters. The van der Waals surface area contributed by atoms with Crippen molar-refractivity contribution in [1.29, 1.82) is 0 Å². The number of rotatable bonds is 7. The number of amides is 1. The number of aromatic amines is 1. The fraction of sp³-hybridized carbons (Fsp3) is 0.353. The van der Waals surface area contributed by atoms with Crippen LogP contribution < -0.4 is 5.32 Å². The van der Waals surface area contributed by atoms with Gasteiger partial charge in [0.15, 0.2) is 0 Å². The van der Waals surface area contributed by atoms with E-state index in [1.807, 2.05) is 0 Å². The molecule has 0 radical (unpaired) electrons. The van der Waals surface area contributed by atoms with E-state index < -0.39 is 27.0 Å². The lowest BCUT2D eigenvalue weighted by molar-refractivity contribution is -0.384. The Morgan fingerprint density at radius 1 is 1.29 bits per heavy atom. The van der Waals surface area contributed by atoms with Crippen molar-refractivity contribution in [2.45, 2.75) is 23.8 Å². The van der Waals surface area contributed by atoms with Crippen molar-refractivity contribution in [2.24, 2.45) is 0 Å². The molecule has 150 valence electrons. The number of non-ortho nitro benzene ring substituents is 1. The summed E-state index contributed by atoms with van der Waals surface area (Å²) in [7, 11) is -3.62. The van der Waals surface area contributed by atoms with Gasteiger partial charge in [0.2, 0.25) is 10.0 Å². The van der Waals surface area contributed by atoms with Crippen LogP contribution in [-0.2, 0) is 10.0 Å². The number of nitro groups is 1. The third-order valence-electron chi connectivity index (χ3n) is 4.55. The van der Waals surface area contributed by atoms with Crippen LogP contribution in [-0.4, -0.2) is 53.3 Å². The lowest BCUT2D eigenvalue weighted by Crippen LogP contribution is -2.29. The maximum Gasteiger partial charge on any atom is 0.269 e. The minimum atomic E-state index is -3.62. The van der Waals surface area contributed by atoms with Gasteiger partial charge in [-0.05, 0) is 36.6 Å². The molecule has 1 fully saturated rings. The van der Waals surface area contributed by atoms with Gasteiger partial charge in [-0.2, -0.15) is 4.31 Å². The largest absolute Gasteiger partial charge is 0.387 e. The van der Waals surface area contributed by atoms with Crippen LogP contribution in [0.5, 0.6) is 0 Å². The highest BCUT2D eigenvalue weighted by molar-refractivity contribution is 7.89. The Labute approximate surface area is 161 Å². The second kappa shape index (κ2) is 8.09. The van der Waals surface area contributed by atoms with Crippen molar-refractivity contribution in [3.8, 4) is 0 Å². The van der Waals surface area contributed by atoms with Crippen LogP contribution in [0.15, 0.2) is 41.4 Å². The molecule has 3 rings (SSSR count). The van der Waals surface area contributed by atoms with E-state index in [1.165, 1.54) is 40.8 Å². The van der Waals surface area contributed by atoms with Gasteiger partial charge in [0, 0.05) is 38.0 Å². The second-order valence-electron chi connectivity index (χ2n) is 6.43. The highest BCUT2D eigenvalue weighted by Gasteiger charge is 2.28. The highest BCUT2D eigenvalue weighted by atomic mass is 32.2. The molecule has 0 saturated carbocycles. The summed E-state index contributed by atoms with van der Waals surface area (Å²) < 4.78 is 26.4. The molecule has 0 bridgehead atoms. The lowest BCUT2D eigenvalue weighted by Gasteiger charge is -2.13. The number of aliphatic hydroxyl groups is 1. The fourth-order valence-corrected chi connectivity index (χ4v) is 4.46. The second-order valence-corrected chi connectivity index (χ2v) is 8.37. The molecule has 1 aliphatic heterocycles. The summed E-state index contributed by atoms with van der Waals surface area (Å²) in [6.45, 7) is 0.802. The monoisotopic (exact) mass is 408 g/mol. The SMILES string of the molecule is O=C(NC[C@@H](O)c1ccc([N+](=O)[O-])cc1)c1cc(S(=O)(=O)N2CCCC2)c[nH]1. The first-order valence-corrected chi connectivity index (χ1v) is 10.1. The third-order valence-corrected chi connectivity index (χ3v) is 6.43. The molecule has 11 heteroatoms. The van der Waals surface area contributed by atoms with Crippen molar-refractivity contribution < 1.29 is 23.2 Å². The minimum absolute atomic E-state index is 0.0236. The molecule has 1 aromatic carbocycles. The standard InChI is InChI=1S/C17H20N4O6S/c22-16(12-3-5-13(6-4-12)21(24)25)11-19-17(23)15-9-14(10-18-15)28(26,27)20-7-1-2-8-20/h3-6,9-10,16,18,22H,1-2,7-8,11H2,(H,19,23)/t16-/m1/s1. The number of nitro benzene ring substituents is 1. The number of aliphatic hydroxyl groups excluding tert-OH is 1. The molecule has 2 heterocycles. The molecule has 1 aromatic heterocycles. The number of carbonyl (C=O) groups is 1. The molecular weight excluding hydrogens is 388 g/mol. The van der Waals surface area contributed by atoms with Crippen LogP contribution in [0.25, 0.3) is 0 Å². The number of nitrogens with one attached hydrogen (secondary N) is 2. The number of sulfonamides is 1. The van der Waals surface area contributed by atoms with Crippen molar-refractivity contribution >= 4 is 21.6 Å². The van der Waals surface area contributed by atoms with Crippen molar-refractivity contribution in [3.63, 3.8) is 0 Å². The number of hydrogen-bond donors (Lipinski definition) is 3. The van der Waals surface area contributed by atoms with E-state index in [-0.39, 0.29) is 22.8 Å². The zero-order chi connectivity index (χ0) is 20.3. The first-order valence-electron chi connectivity index (χ1n) is 8.68. The summed E-state index contributed by atoms with van der Waals surface area (Å²) >= 11 is 0. The minimum Gasteiger partial charge on any atom is -0.387 e. The van der Waals surface area contributed by atoms with Crippen LogP contribution in [0.2, 0.25) is 0 Å². The van der Waals surface area contributed by atoms with Gasteiger partial charge in [-0.25, -0.2) is 8.42 Å². The van der Waals surface area contributed by atoms with Crippen molar-refractivity contribution in [3.05, 3.63) is 57.9 Å². The molecule has 10 nitrogen and oxygen atoms in total. The average molecular weight is 408 g/mol. The first kappa shape index (κ1) is 20.0. The van der Waals surface area contributed by atoms with Gasteiger partial charge in [-0.1, -0.05) is 0 Å². The summed E-state index contributed by atoms with van der Waals surface area (Å²) in [5.74, 6) is -0.566. The van der Waals surface area contributed by atoms with Gasteiger partial charge in [-0.15, -0.1) is 0 Å². The van der Waals surface area contributed by atoms with Gasteiger partial charge in [-0.3, -0.25) is 14.9 Å². The number of nitrogens with zero attached hydrogens (tertiary/aromatic N) is 2. The number of aromatic nitrogens is 1. The Hall–Kier alpha value is -2.76. The zero-order valence-electron chi connectivity index (χ0n) is 14.9. The van der Waals surface area contributed by atoms with Crippen LogP contribution >= 0.6 is 0 Å². The first-order chi connectivity index (χ1) is 13.3. The Bertz CT molecular complexity index is 964. The van der Waals surface area contributed by atoms with Crippen LogP contribution in [0.3, 0.4) is 0 Å². The Kier molecular flexibility index (Phi) is 5.77. The molecule has 1 aliphatic rings. The third kappa shape index (κ3) is 4.21. The molecule has 1 amide bonds. The summed E-state index contributed by atoms with van der Waals surface area (Å²) in [6.07, 6.45) is 1.84. The summed E-state index contributed by atoms with van der Waals surface area (Å²) in [4.78, 5) is 25.0. The topological polar surface area (TPSA) is 146 Å². The van der Waals surface area contributed by atoms with E-state index in [2.05, 4.69) is 10.3 Å². The lowest BCUT2D eigenvalue weighted by atomic mass is 10.1. The van der Waals surface area contributed by atoms with E-state index in [0.717, 1.165) is 12.8 Å². The van der Waals surface area contributed by atoms with Gasteiger partial charge in [0.1, 0.15) is 10.6 Å². The summed E-state index contributed by atoms with van der Waals surface area (Å²) in [5.41, 5.74) is 0.376. The van der Waals surface area contributed by atoms with Gasteiger partial charge in [0.25, 0.3) is 11.6 Å². The number of hydrogen-bond acceptors (Lipinski definition) is 6. The summed E-state index contributed by atoms with van der Waals surface area (Å²) in [5, 5.41) is 23.3. The Morgan fingerprint density at radius 2 is 1.93 bits per heavy atom. The molecule has 2 aromatic rings. The van der Waals surface area contributed by atoms with E-state index in [9.17, 15) is 28.4 Å². The van der Waals surface area contributed by atoms with E-state index in [4.69, 9.17) is 0 Å². The Morgan fingerprint density at radius 3 is 2.54 bits per heavy atom. The highest BCUT2D eigenvalue weighted by Crippen LogP contribution is 2.21. The number of benzene rings is 1. The molecule has 3 N–H and O–H groups in total. The maximum absolute atomic E-state index is 12.5. The number of H-pyrrole nitrogens is 1. The Balaban J connectivity index is 1.60. The van der Waals surface area contributed by atoms with E-state index in [0.29, 0.717) is 18.7 Å². The number of carbonyl (C=O) groups excluding carboxylic acids is 1. The van der Waals surface area contributed by atoms with Crippen molar-refractivity contribution in [1.82, 2.24) is 14.6 Å². The summed E-state index contributed by atoms with van der Waals surface area (Å²) in [6, 6.07) is 6.61. The zero-order valence-corrected chi connectivity index (χ0v) is 15.7. The van der Waals surface area contributed by atoms with Gasteiger partial charge < -0.3 is 15.4 Å². The predicted octanol–water partition coefficient (Wildman–Crippen LogP) is 1.17. The smallest absolute Gasteiger partial charge is 0.269 e. The maximum atomic E-state index is 12.5. The molecule has 1 atom stereocenters. The quantitative estimate of drug-likeness (QED) is 0.463. The molecule has 0 aliphatic carbocycles. The molecular formula is C17H20N4O6S. The van der Waals surface area contributed by atoms with Gasteiger partial charge >= 0.3 is 0 Å². The molecule has 1 saturated heterocycles. The predicted molar refractivity (Wildman–Crippen MR) is 99.2 cm³/mol. The van der Waals surface area contributed by atoms with Crippen LogP contribution in [0.4, 0.5) is 5.69 Å². The van der Waals surface area contributed by atoms with Crippen LogP contribution in [0, 0.1) is 10.1 Å². The fourth-order valence-electron chi connectivity index (χ4n) is 2.95. The van der Waals surface area contributed by atoms with Gasteiger partial charge in [0.05, 0.1) is 11.0 Å². The molecule has 28 heavy (non-hydrogen) atoms. The molecule has 0 spiro atoms. The van der Waals surface area contributed by atoms with E-state index >= 15 is 0 Å². The van der Waals surface area contributed by atoms with E-state index in [1.54, 1.807) is 0 Å². The van der Waals surface area contributed by atoms with Crippen LogP contribution in [0.1, 0.15) is 35.0 Å². The normalized spacial score (nSPS) is 16.0.